The Bertz CT molecular complexity index is 609. The molecule has 25 heavy (non-hydrogen) atoms. The van der Waals surface area contributed by atoms with Crippen molar-refractivity contribution < 1.29 is 14.0 Å². The van der Waals surface area contributed by atoms with Crippen molar-refractivity contribution in [2.75, 3.05) is 13.1 Å². The highest BCUT2D eigenvalue weighted by Crippen LogP contribution is 2.30. The molecule has 1 aromatic carbocycles. The normalized spacial score (nSPS) is 24.3. The zero-order valence-corrected chi connectivity index (χ0v) is 14.8. The lowest BCUT2D eigenvalue weighted by Gasteiger charge is -2.32. The Morgan fingerprint density at radius 1 is 1.12 bits per heavy atom. The summed E-state index contributed by atoms with van der Waals surface area (Å²) in [6, 6.07) is 6.89. The maximum Gasteiger partial charge on any atom is 0.223 e. The predicted molar refractivity (Wildman–Crippen MR) is 94.4 cm³/mol. The minimum Gasteiger partial charge on any atom is -0.353 e. The summed E-state index contributed by atoms with van der Waals surface area (Å²) in [5, 5.41) is 3.26. The zero-order chi connectivity index (χ0) is 17.8. The number of hydrogen-bond donors (Lipinski definition) is 1. The summed E-state index contributed by atoms with van der Waals surface area (Å²) in [6.45, 7) is 2.94. The van der Waals surface area contributed by atoms with Crippen LogP contribution in [0.3, 0.4) is 0 Å². The van der Waals surface area contributed by atoms with Crippen molar-refractivity contribution in [1.29, 1.82) is 0 Å². The fraction of sp³-hybridized carbons (Fsp3) is 0.600. The molecule has 3 rings (SSSR count). The van der Waals surface area contributed by atoms with Gasteiger partial charge in [-0.05, 0) is 55.7 Å². The summed E-state index contributed by atoms with van der Waals surface area (Å²) in [5.74, 6) is 0.458. The molecule has 1 aliphatic carbocycles. The quantitative estimate of drug-likeness (QED) is 0.911. The fourth-order valence-electron chi connectivity index (χ4n) is 4.15. The van der Waals surface area contributed by atoms with Crippen molar-refractivity contribution in [3.8, 4) is 0 Å². The molecule has 2 fully saturated rings. The van der Waals surface area contributed by atoms with E-state index in [1.807, 2.05) is 17.0 Å². The lowest BCUT2D eigenvalue weighted by molar-refractivity contribution is -0.134. The topological polar surface area (TPSA) is 49.4 Å². The second-order valence-electron chi connectivity index (χ2n) is 7.42. The number of nitrogens with zero attached hydrogens (tertiary/aromatic N) is 1. The average molecular weight is 346 g/mol. The Morgan fingerprint density at radius 3 is 2.44 bits per heavy atom. The molecule has 2 atom stereocenters. The first-order chi connectivity index (χ1) is 12.0. The summed E-state index contributed by atoms with van der Waals surface area (Å²) in [4.78, 5) is 25.8. The molecule has 136 valence electrons. The molecule has 5 heteroatoms. The predicted octanol–water partition coefficient (Wildman–Crippen LogP) is 2.91. The van der Waals surface area contributed by atoms with Crippen molar-refractivity contribution in [3.63, 3.8) is 0 Å². The van der Waals surface area contributed by atoms with Crippen LogP contribution in [-0.4, -0.2) is 35.8 Å². The molecule has 2 aliphatic rings. The molecule has 1 N–H and O–H groups in total. The number of halogens is 1. The highest BCUT2D eigenvalue weighted by molar-refractivity contribution is 5.80. The molecular weight excluding hydrogens is 319 g/mol. The van der Waals surface area contributed by atoms with Crippen LogP contribution in [0.4, 0.5) is 4.39 Å². The number of piperidine rings is 1. The third-order valence-electron chi connectivity index (χ3n) is 5.71. The van der Waals surface area contributed by atoms with E-state index in [9.17, 15) is 14.0 Å². The first-order valence-electron chi connectivity index (χ1n) is 9.33. The molecular formula is C20H27FN2O2. The SMILES string of the molecule is CC(=O)N1CCC(C(=O)N[C@@H]2CCC[C@@H]2Cc2ccc(F)cc2)CC1. The van der Waals surface area contributed by atoms with E-state index in [1.165, 1.54) is 12.1 Å². The second-order valence-corrected chi connectivity index (χ2v) is 7.42. The Balaban J connectivity index is 1.52. The van der Waals surface area contributed by atoms with Crippen LogP contribution in [0, 0.1) is 17.7 Å². The van der Waals surface area contributed by atoms with Crippen molar-refractivity contribution >= 4 is 11.8 Å². The number of benzene rings is 1. The highest BCUT2D eigenvalue weighted by atomic mass is 19.1. The molecule has 0 spiro atoms. The van der Waals surface area contributed by atoms with E-state index in [4.69, 9.17) is 0 Å². The highest BCUT2D eigenvalue weighted by Gasteiger charge is 2.32. The van der Waals surface area contributed by atoms with Crippen LogP contribution in [0.1, 0.15) is 44.6 Å². The van der Waals surface area contributed by atoms with Crippen LogP contribution in [-0.2, 0) is 16.0 Å². The molecule has 2 amide bonds. The monoisotopic (exact) mass is 346 g/mol. The van der Waals surface area contributed by atoms with Crippen molar-refractivity contribution in [2.45, 2.75) is 51.5 Å². The number of rotatable bonds is 4. The number of amides is 2. The Morgan fingerprint density at radius 2 is 1.80 bits per heavy atom. The molecule has 0 radical (unpaired) electrons. The third kappa shape index (κ3) is 4.59. The van der Waals surface area contributed by atoms with Gasteiger partial charge in [-0.2, -0.15) is 0 Å². The molecule has 1 saturated carbocycles. The van der Waals surface area contributed by atoms with Gasteiger partial charge in [0.15, 0.2) is 0 Å². The number of carbonyl (C=O) groups excluding carboxylic acids is 2. The smallest absolute Gasteiger partial charge is 0.223 e. The van der Waals surface area contributed by atoms with E-state index in [-0.39, 0.29) is 29.6 Å². The molecule has 0 unspecified atom stereocenters. The van der Waals surface area contributed by atoms with Crippen molar-refractivity contribution in [3.05, 3.63) is 35.6 Å². The van der Waals surface area contributed by atoms with Crippen LogP contribution in [0.2, 0.25) is 0 Å². The lowest BCUT2D eigenvalue weighted by atomic mass is 9.92. The maximum absolute atomic E-state index is 13.1. The van der Waals surface area contributed by atoms with Crippen LogP contribution in [0.25, 0.3) is 0 Å². The molecule has 1 aliphatic heterocycles. The lowest BCUT2D eigenvalue weighted by Crippen LogP contribution is -2.46. The van der Waals surface area contributed by atoms with Crippen LogP contribution in [0.5, 0.6) is 0 Å². The largest absolute Gasteiger partial charge is 0.353 e. The van der Waals surface area contributed by atoms with Crippen molar-refractivity contribution in [2.24, 2.45) is 11.8 Å². The van der Waals surface area contributed by atoms with E-state index in [0.717, 1.165) is 44.1 Å². The maximum atomic E-state index is 13.1. The van der Waals surface area contributed by atoms with E-state index in [1.54, 1.807) is 6.92 Å². The minimum absolute atomic E-state index is 0.0164. The number of hydrogen-bond acceptors (Lipinski definition) is 2. The molecule has 1 saturated heterocycles. The van der Waals surface area contributed by atoms with E-state index < -0.39 is 0 Å². The number of carbonyl (C=O) groups is 2. The first-order valence-corrected chi connectivity index (χ1v) is 9.33. The van der Waals surface area contributed by atoms with E-state index >= 15 is 0 Å². The van der Waals surface area contributed by atoms with Gasteiger partial charge in [0, 0.05) is 32.0 Å². The molecule has 0 aromatic heterocycles. The van der Waals surface area contributed by atoms with Crippen LogP contribution < -0.4 is 5.32 Å². The second kappa shape index (κ2) is 7.98. The summed E-state index contributed by atoms with van der Waals surface area (Å²) in [6.07, 6.45) is 5.63. The van der Waals surface area contributed by atoms with Gasteiger partial charge in [0.05, 0.1) is 0 Å². The zero-order valence-electron chi connectivity index (χ0n) is 14.8. The fourth-order valence-corrected chi connectivity index (χ4v) is 4.15. The van der Waals surface area contributed by atoms with Gasteiger partial charge in [-0.3, -0.25) is 9.59 Å². The van der Waals surface area contributed by atoms with Gasteiger partial charge in [-0.25, -0.2) is 4.39 Å². The Labute approximate surface area is 148 Å². The molecule has 0 bridgehead atoms. The van der Waals surface area contributed by atoms with E-state index in [2.05, 4.69) is 5.32 Å². The van der Waals surface area contributed by atoms with Gasteiger partial charge in [-0.1, -0.05) is 18.6 Å². The van der Waals surface area contributed by atoms with Gasteiger partial charge < -0.3 is 10.2 Å². The summed E-state index contributed by atoms with van der Waals surface area (Å²) < 4.78 is 13.1. The van der Waals surface area contributed by atoms with Crippen LogP contribution >= 0.6 is 0 Å². The molecule has 4 nitrogen and oxygen atoms in total. The van der Waals surface area contributed by atoms with Gasteiger partial charge in [0.25, 0.3) is 0 Å². The van der Waals surface area contributed by atoms with Gasteiger partial charge in [0.1, 0.15) is 5.82 Å². The summed E-state index contributed by atoms with van der Waals surface area (Å²) in [7, 11) is 0. The van der Waals surface area contributed by atoms with Crippen LogP contribution in [0.15, 0.2) is 24.3 Å². The average Bonchev–Trinajstić information content (AvgIpc) is 3.03. The Hall–Kier alpha value is -1.91. The first kappa shape index (κ1) is 17.9. The Kier molecular flexibility index (Phi) is 5.71. The van der Waals surface area contributed by atoms with Gasteiger partial charge in [0.2, 0.25) is 11.8 Å². The van der Waals surface area contributed by atoms with Gasteiger partial charge in [-0.15, -0.1) is 0 Å². The van der Waals surface area contributed by atoms with Crippen molar-refractivity contribution in [1.82, 2.24) is 10.2 Å². The molecule has 1 aromatic rings. The molecule has 1 heterocycles. The summed E-state index contributed by atoms with van der Waals surface area (Å²) >= 11 is 0. The minimum atomic E-state index is -0.211. The third-order valence-corrected chi connectivity index (χ3v) is 5.71. The number of nitrogens with one attached hydrogen (secondary N) is 1. The standard InChI is InChI=1S/C20H27FN2O2/c1-14(24)23-11-9-16(10-12-23)20(25)22-19-4-2-3-17(19)13-15-5-7-18(21)8-6-15/h5-8,16-17,19H,2-4,9-13H2,1H3,(H,22,25)/t17-,19-/m1/s1. The van der Waals surface area contributed by atoms with E-state index in [0.29, 0.717) is 19.0 Å². The van der Waals surface area contributed by atoms with Gasteiger partial charge >= 0.3 is 0 Å². The summed E-state index contributed by atoms with van der Waals surface area (Å²) in [5.41, 5.74) is 1.13. The number of likely N-dealkylation sites (tertiary alicyclic amines) is 1.